The molecule has 0 bridgehead atoms. The quantitative estimate of drug-likeness (QED) is 0.467. The van der Waals surface area contributed by atoms with Gasteiger partial charge in [0, 0.05) is 33.2 Å². The third kappa shape index (κ3) is 4.16. The van der Waals surface area contributed by atoms with Crippen molar-refractivity contribution in [2.24, 2.45) is 7.05 Å². The fourth-order valence-electron chi connectivity index (χ4n) is 3.80. The second-order valence-corrected chi connectivity index (χ2v) is 8.02. The predicted octanol–water partition coefficient (Wildman–Crippen LogP) is 2.71. The topological polar surface area (TPSA) is 83.7 Å². The van der Waals surface area contributed by atoms with E-state index in [1.54, 1.807) is 23.1 Å². The van der Waals surface area contributed by atoms with Gasteiger partial charge in [-0.3, -0.25) is 14.7 Å². The standard InChI is InChI=1S/C21H22FN9S/c1-28-19-17(12-25-28)20(24-13-23-19)30-10-8-29(9-11-30)14-31-21(32)26-18(27-31)7-4-15-2-5-16(22)6-3-15/h2-7,12-13H,8-11,14H2,1H3,(H,26,27,32). The SMILES string of the molecule is Cn1ncc2c(N3CCN(Cn4[nH]c(C=Cc5ccc(F)cc5)nc4=S)CC3)ncnc21. The van der Waals surface area contributed by atoms with Crippen LogP contribution in [0.5, 0.6) is 0 Å². The van der Waals surface area contributed by atoms with E-state index in [0.717, 1.165) is 48.6 Å². The lowest BCUT2D eigenvalue weighted by Crippen LogP contribution is -2.47. The molecule has 1 aliphatic rings. The molecule has 32 heavy (non-hydrogen) atoms. The van der Waals surface area contributed by atoms with Crippen LogP contribution >= 0.6 is 12.2 Å². The summed E-state index contributed by atoms with van der Waals surface area (Å²) in [6.45, 7) is 4.07. The first kappa shape index (κ1) is 20.5. The molecule has 1 aromatic carbocycles. The fourth-order valence-corrected chi connectivity index (χ4v) is 4.00. The van der Waals surface area contributed by atoms with Crippen molar-refractivity contribution in [1.29, 1.82) is 0 Å². The molecule has 9 nitrogen and oxygen atoms in total. The highest BCUT2D eigenvalue weighted by Crippen LogP contribution is 2.23. The zero-order valence-corrected chi connectivity index (χ0v) is 18.3. The van der Waals surface area contributed by atoms with Gasteiger partial charge in [-0.1, -0.05) is 18.2 Å². The highest BCUT2D eigenvalue weighted by atomic mass is 32.1. The number of aromatic amines is 1. The molecule has 4 heterocycles. The Morgan fingerprint density at radius 1 is 1.09 bits per heavy atom. The molecule has 1 N–H and O–H groups in total. The summed E-state index contributed by atoms with van der Waals surface area (Å²) in [7, 11) is 1.88. The van der Waals surface area contributed by atoms with Crippen molar-refractivity contribution in [3.8, 4) is 0 Å². The van der Waals surface area contributed by atoms with Crippen LogP contribution in [0.1, 0.15) is 11.4 Å². The maximum Gasteiger partial charge on any atom is 0.217 e. The average molecular weight is 452 g/mol. The van der Waals surface area contributed by atoms with Crippen LogP contribution < -0.4 is 4.90 Å². The summed E-state index contributed by atoms with van der Waals surface area (Å²) < 4.78 is 17.2. The Morgan fingerprint density at radius 3 is 2.66 bits per heavy atom. The number of anilines is 1. The highest BCUT2D eigenvalue weighted by molar-refractivity contribution is 7.71. The Balaban J connectivity index is 1.22. The number of nitrogens with one attached hydrogen (secondary N) is 1. The Morgan fingerprint density at radius 2 is 1.88 bits per heavy atom. The van der Waals surface area contributed by atoms with E-state index in [9.17, 15) is 4.39 Å². The summed E-state index contributed by atoms with van der Waals surface area (Å²) in [4.78, 5) is 17.8. The van der Waals surface area contributed by atoms with Crippen LogP contribution in [0.3, 0.4) is 0 Å². The van der Waals surface area contributed by atoms with Crippen LogP contribution in [-0.4, -0.2) is 65.6 Å². The summed E-state index contributed by atoms with van der Waals surface area (Å²) in [5.74, 6) is 1.34. The number of benzene rings is 1. The Hall–Kier alpha value is -3.44. The number of halogens is 1. The van der Waals surface area contributed by atoms with Gasteiger partial charge in [-0.25, -0.2) is 19.0 Å². The molecule has 11 heteroatoms. The molecule has 0 radical (unpaired) electrons. The predicted molar refractivity (Wildman–Crippen MR) is 123 cm³/mol. The van der Waals surface area contributed by atoms with E-state index in [1.165, 1.54) is 12.1 Å². The first-order valence-electron chi connectivity index (χ1n) is 10.3. The number of fused-ring (bicyclic) bond motifs is 1. The maximum atomic E-state index is 13.0. The van der Waals surface area contributed by atoms with Gasteiger partial charge in [-0.15, -0.1) is 0 Å². The lowest BCUT2D eigenvalue weighted by molar-refractivity contribution is 0.194. The summed E-state index contributed by atoms with van der Waals surface area (Å²) in [5.41, 5.74) is 1.73. The van der Waals surface area contributed by atoms with Gasteiger partial charge >= 0.3 is 0 Å². The smallest absolute Gasteiger partial charge is 0.217 e. The Labute approximate surface area is 188 Å². The number of rotatable bonds is 5. The minimum absolute atomic E-state index is 0.254. The monoisotopic (exact) mass is 451 g/mol. The molecule has 1 aliphatic heterocycles. The molecule has 0 atom stereocenters. The molecular formula is C21H22FN9S. The lowest BCUT2D eigenvalue weighted by atomic mass is 10.2. The number of nitrogens with zero attached hydrogens (tertiary/aromatic N) is 8. The molecule has 0 spiro atoms. The number of hydrogen-bond donors (Lipinski definition) is 1. The summed E-state index contributed by atoms with van der Waals surface area (Å²) in [6, 6.07) is 6.30. The van der Waals surface area contributed by atoms with Gasteiger partial charge in [-0.2, -0.15) is 10.1 Å². The second-order valence-electron chi connectivity index (χ2n) is 7.65. The molecule has 0 amide bonds. The molecule has 1 saturated heterocycles. The van der Waals surface area contributed by atoms with Crippen LogP contribution in [-0.2, 0) is 13.7 Å². The van der Waals surface area contributed by atoms with Crippen molar-refractivity contribution < 1.29 is 4.39 Å². The van der Waals surface area contributed by atoms with E-state index in [1.807, 2.05) is 30.1 Å². The van der Waals surface area contributed by atoms with Crippen molar-refractivity contribution >= 4 is 41.2 Å². The van der Waals surface area contributed by atoms with Gasteiger partial charge in [0.15, 0.2) is 5.65 Å². The maximum absolute atomic E-state index is 13.0. The van der Waals surface area contributed by atoms with E-state index >= 15 is 0 Å². The number of H-pyrrole nitrogens is 1. The second kappa shape index (κ2) is 8.60. The first-order chi connectivity index (χ1) is 15.6. The summed E-state index contributed by atoms with van der Waals surface area (Å²) in [5, 5.41) is 8.50. The molecule has 4 aromatic rings. The van der Waals surface area contributed by atoms with Crippen molar-refractivity contribution in [3.05, 3.63) is 58.8 Å². The van der Waals surface area contributed by atoms with E-state index in [-0.39, 0.29) is 5.82 Å². The minimum Gasteiger partial charge on any atom is -0.353 e. The van der Waals surface area contributed by atoms with Crippen molar-refractivity contribution in [2.45, 2.75) is 6.67 Å². The van der Waals surface area contributed by atoms with Gasteiger partial charge in [0.2, 0.25) is 4.77 Å². The van der Waals surface area contributed by atoms with Crippen LogP contribution in [0.15, 0.2) is 36.8 Å². The largest absolute Gasteiger partial charge is 0.353 e. The van der Waals surface area contributed by atoms with E-state index in [2.05, 4.69) is 34.9 Å². The fraction of sp³-hybridized carbons (Fsp3) is 0.286. The molecule has 0 saturated carbocycles. The van der Waals surface area contributed by atoms with E-state index in [4.69, 9.17) is 12.2 Å². The lowest BCUT2D eigenvalue weighted by Gasteiger charge is -2.35. The molecule has 5 rings (SSSR count). The molecular weight excluding hydrogens is 429 g/mol. The van der Waals surface area contributed by atoms with Gasteiger partial charge in [-0.05, 0) is 36.0 Å². The molecule has 0 unspecified atom stereocenters. The van der Waals surface area contributed by atoms with Gasteiger partial charge < -0.3 is 4.90 Å². The van der Waals surface area contributed by atoms with Crippen LogP contribution in [0, 0.1) is 10.6 Å². The van der Waals surface area contributed by atoms with Crippen molar-refractivity contribution in [2.75, 3.05) is 31.1 Å². The highest BCUT2D eigenvalue weighted by Gasteiger charge is 2.21. The Bertz CT molecular complexity index is 1310. The summed E-state index contributed by atoms with van der Waals surface area (Å²) >= 11 is 5.42. The number of aromatic nitrogens is 7. The third-order valence-corrected chi connectivity index (χ3v) is 5.83. The molecule has 3 aromatic heterocycles. The van der Waals surface area contributed by atoms with Crippen molar-refractivity contribution in [3.63, 3.8) is 0 Å². The van der Waals surface area contributed by atoms with Crippen LogP contribution in [0.2, 0.25) is 0 Å². The van der Waals surface area contributed by atoms with Crippen LogP contribution in [0.4, 0.5) is 10.2 Å². The third-order valence-electron chi connectivity index (χ3n) is 5.52. The zero-order chi connectivity index (χ0) is 22.1. The van der Waals surface area contributed by atoms with E-state index in [0.29, 0.717) is 17.3 Å². The number of aryl methyl sites for hydroxylation is 1. The molecule has 0 aliphatic carbocycles. The first-order valence-corrected chi connectivity index (χ1v) is 10.7. The molecule has 1 fully saturated rings. The Kier molecular flexibility index (Phi) is 5.50. The average Bonchev–Trinajstić information content (AvgIpc) is 3.36. The van der Waals surface area contributed by atoms with Crippen LogP contribution in [0.25, 0.3) is 23.2 Å². The van der Waals surface area contributed by atoms with Crippen molar-refractivity contribution in [1.82, 2.24) is 39.4 Å². The molecule has 164 valence electrons. The van der Waals surface area contributed by atoms with Gasteiger partial charge in [0.25, 0.3) is 0 Å². The normalized spacial score (nSPS) is 15.2. The van der Waals surface area contributed by atoms with E-state index < -0.39 is 0 Å². The van der Waals surface area contributed by atoms with Gasteiger partial charge in [0.1, 0.15) is 23.8 Å². The minimum atomic E-state index is -0.254. The van der Waals surface area contributed by atoms with Gasteiger partial charge in [0.05, 0.1) is 18.3 Å². The zero-order valence-electron chi connectivity index (χ0n) is 17.5. The number of piperazine rings is 1. The summed E-state index contributed by atoms with van der Waals surface area (Å²) in [6.07, 6.45) is 7.13. The number of hydrogen-bond acceptors (Lipinski definition) is 7.